The summed E-state index contributed by atoms with van der Waals surface area (Å²) in [6.45, 7) is 13.5. The molecule has 2 heterocycles. The van der Waals surface area contributed by atoms with E-state index in [-0.39, 0.29) is 16.8 Å². The fraction of sp³-hybridized carbons (Fsp3) is 0.750. The Balaban J connectivity index is 1.49. The van der Waals surface area contributed by atoms with Gasteiger partial charge in [0.1, 0.15) is 5.76 Å². The van der Waals surface area contributed by atoms with Gasteiger partial charge in [-0.3, -0.25) is 9.69 Å². The predicted octanol–water partition coefficient (Wildman–Crippen LogP) is 6.54. The third kappa shape index (κ3) is 4.20. The van der Waals surface area contributed by atoms with E-state index in [4.69, 9.17) is 9.15 Å². The van der Waals surface area contributed by atoms with Gasteiger partial charge in [-0.25, -0.2) is 0 Å². The Morgan fingerprint density at radius 3 is 2.81 bits per heavy atom. The Morgan fingerprint density at radius 2 is 2.06 bits per heavy atom. The molecule has 1 saturated heterocycles. The highest BCUT2D eigenvalue weighted by molar-refractivity contribution is 5.77. The van der Waals surface area contributed by atoms with Gasteiger partial charge in [0.2, 0.25) is 0 Å². The summed E-state index contributed by atoms with van der Waals surface area (Å²) in [5.74, 6) is 1.93. The number of carbonyl (C=O) groups is 1. The highest BCUT2D eigenvalue weighted by Crippen LogP contribution is 2.62. The van der Waals surface area contributed by atoms with E-state index in [9.17, 15) is 4.79 Å². The van der Waals surface area contributed by atoms with Crippen molar-refractivity contribution in [3.05, 3.63) is 35.8 Å². The standard InChI is InChI=1S/C28H43NO3/c1-20-10-13-25-27(3,15-8-16-28(25,4)26(30)31-5)23(20)12-11-22-14-18-32-24(22)19-29-17-7-6-9-21(29)2/h14,18,21,23,25H,1,6-13,15-17,19H2,2-5H3/t21-,23-,25+,27+,28+/m0/s1. The van der Waals surface area contributed by atoms with Gasteiger partial charge in [0.25, 0.3) is 0 Å². The molecule has 3 aliphatic rings. The molecule has 0 bridgehead atoms. The number of fused-ring (bicyclic) bond motifs is 1. The molecule has 4 rings (SSSR count). The zero-order valence-corrected chi connectivity index (χ0v) is 20.8. The molecule has 1 aliphatic heterocycles. The number of hydrogen-bond donors (Lipinski definition) is 0. The molecule has 178 valence electrons. The molecule has 1 aromatic rings. The summed E-state index contributed by atoms with van der Waals surface area (Å²) in [6, 6.07) is 2.81. The Morgan fingerprint density at radius 1 is 1.25 bits per heavy atom. The van der Waals surface area contributed by atoms with Gasteiger partial charge in [0.15, 0.2) is 0 Å². The van der Waals surface area contributed by atoms with E-state index >= 15 is 0 Å². The molecule has 0 radical (unpaired) electrons. The lowest BCUT2D eigenvalue weighted by Crippen LogP contribution is -2.53. The van der Waals surface area contributed by atoms with E-state index in [2.05, 4.69) is 38.3 Å². The first-order chi connectivity index (χ1) is 15.3. The van der Waals surface area contributed by atoms with Gasteiger partial charge < -0.3 is 9.15 Å². The molecule has 0 unspecified atom stereocenters. The lowest BCUT2D eigenvalue weighted by atomic mass is 9.46. The third-order valence-corrected chi connectivity index (χ3v) is 9.50. The topological polar surface area (TPSA) is 42.7 Å². The molecular weight excluding hydrogens is 398 g/mol. The fourth-order valence-corrected chi connectivity index (χ4v) is 7.57. The summed E-state index contributed by atoms with van der Waals surface area (Å²) < 4.78 is 11.3. The number of nitrogens with zero attached hydrogens (tertiary/aromatic N) is 1. The van der Waals surface area contributed by atoms with Gasteiger partial charge in [0.05, 0.1) is 25.3 Å². The first-order valence-electron chi connectivity index (χ1n) is 12.8. The number of methoxy groups -OCH3 is 1. The number of furan rings is 1. The number of esters is 1. The Labute approximate surface area is 194 Å². The molecule has 0 amide bonds. The van der Waals surface area contributed by atoms with Crippen LogP contribution in [0.15, 0.2) is 28.9 Å². The van der Waals surface area contributed by atoms with Gasteiger partial charge >= 0.3 is 5.97 Å². The number of likely N-dealkylation sites (tertiary alicyclic amines) is 1. The van der Waals surface area contributed by atoms with Crippen molar-refractivity contribution in [1.82, 2.24) is 4.90 Å². The molecule has 4 nitrogen and oxygen atoms in total. The lowest BCUT2D eigenvalue weighted by Gasteiger charge is -2.57. The van der Waals surface area contributed by atoms with Crippen LogP contribution in [0.5, 0.6) is 0 Å². The molecule has 5 atom stereocenters. The minimum absolute atomic E-state index is 0.0209. The Hall–Kier alpha value is -1.55. The van der Waals surface area contributed by atoms with Crippen molar-refractivity contribution in [2.75, 3.05) is 13.7 Å². The molecule has 0 N–H and O–H groups in total. The third-order valence-electron chi connectivity index (χ3n) is 9.50. The van der Waals surface area contributed by atoms with Crippen molar-refractivity contribution in [1.29, 1.82) is 0 Å². The van der Waals surface area contributed by atoms with Crippen LogP contribution in [-0.2, 0) is 22.5 Å². The van der Waals surface area contributed by atoms with Crippen molar-refractivity contribution in [2.24, 2.45) is 22.7 Å². The fourth-order valence-electron chi connectivity index (χ4n) is 7.57. The second kappa shape index (κ2) is 9.37. The highest BCUT2D eigenvalue weighted by atomic mass is 16.5. The Kier molecular flexibility index (Phi) is 6.91. The molecule has 4 heteroatoms. The Bertz CT molecular complexity index is 828. The van der Waals surface area contributed by atoms with Gasteiger partial charge in [0, 0.05) is 6.04 Å². The number of rotatable bonds is 6. The highest BCUT2D eigenvalue weighted by Gasteiger charge is 2.57. The van der Waals surface area contributed by atoms with Crippen LogP contribution in [0, 0.1) is 22.7 Å². The van der Waals surface area contributed by atoms with Crippen molar-refractivity contribution < 1.29 is 13.9 Å². The lowest BCUT2D eigenvalue weighted by molar-refractivity contribution is -0.168. The van der Waals surface area contributed by atoms with Crippen molar-refractivity contribution in [2.45, 2.75) is 97.6 Å². The van der Waals surface area contributed by atoms with Crippen LogP contribution in [0.2, 0.25) is 0 Å². The largest absolute Gasteiger partial charge is 0.469 e. The molecule has 1 aromatic heterocycles. The number of hydrogen-bond acceptors (Lipinski definition) is 4. The maximum atomic E-state index is 12.8. The summed E-state index contributed by atoms with van der Waals surface area (Å²) in [7, 11) is 1.54. The first-order valence-corrected chi connectivity index (χ1v) is 12.8. The smallest absolute Gasteiger partial charge is 0.311 e. The van der Waals surface area contributed by atoms with Crippen LogP contribution in [0.3, 0.4) is 0 Å². The van der Waals surface area contributed by atoms with Gasteiger partial charge in [-0.15, -0.1) is 0 Å². The van der Waals surface area contributed by atoms with Crippen LogP contribution in [-0.4, -0.2) is 30.6 Å². The minimum atomic E-state index is -0.369. The van der Waals surface area contributed by atoms with E-state index in [0.717, 1.165) is 50.8 Å². The van der Waals surface area contributed by atoms with Crippen molar-refractivity contribution in [3.8, 4) is 0 Å². The van der Waals surface area contributed by atoms with Gasteiger partial charge in [-0.2, -0.15) is 0 Å². The van der Waals surface area contributed by atoms with Crippen LogP contribution in [0.4, 0.5) is 0 Å². The van der Waals surface area contributed by atoms with E-state index < -0.39 is 0 Å². The molecule has 32 heavy (non-hydrogen) atoms. The van der Waals surface area contributed by atoms with Gasteiger partial charge in [-0.05, 0) is 101 Å². The predicted molar refractivity (Wildman–Crippen MR) is 128 cm³/mol. The van der Waals surface area contributed by atoms with Crippen LogP contribution < -0.4 is 0 Å². The second-order valence-corrected chi connectivity index (χ2v) is 11.3. The molecule has 2 saturated carbocycles. The SMILES string of the molecule is C=C1CC[C@@H]2[C@](C)(CCC[C@@]2(C)C(=O)OC)[C@H]1CCc1ccoc1CN1CCCC[C@@H]1C. The minimum Gasteiger partial charge on any atom is -0.469 e. The average Bonchev–Trinajstić information content (AvgIpc) is 3.21. The number of piperidine rings is 1. The average molecular weight is 442 g/mol. The maximum absolute atomic E-state index is 12.8. The van der Waals surface area contributed by atoms with Crippen LogP contribution in [0.1, 0.15) is 89.9 Å². The molecule has 0 aromatic carbocycles. The number of allylic oxidation sites excluding steroid dienone is 1. The molecule has 0 spiro atoms. The zero-order chi connectivity index (χ0) is 22.9. The number of carbonyl (C=O) groups excluding carboxylic acids is 1. The summed E-state index contributed by atoms with van der Waals surface area (Å²) in [4.78, 5) is 15.4. The van der Waals surface area contributed by atoms with E-state index in [1.165, 1.54) is 43.4 Å². The second-order valence-electron chi connectivity index (χ2n) is 11.3. The summed E-state index contributed by atoms with van der Waals surface area (Å²) >= 11 is 0. The molecule has 3 fully saturated rings. The van der Waals surface area contributed by atoms with E-state index in [0.29, 0.717) is 17.9 Å². The summed E-state index contributed by atoms with van der Waals surface area (Å²) in [5.41, 5.74) is 2.48. The maximum Gasteiger partial charge on any atom is 0.311 e. The molecular formula is C28H43NO3. The first kappa shape index (κ1) is 23.6. The quantitative estimate of drug-likeness (QED) is 0.371. The summed E-state index contributed by atoms with van der Waals surface area (Å²) in [6.07, 6.45) is 13.2. The zero-order valence-electron chi connectivity index (χ0n) is 20.8. The van der Waals surface area contributed by atoms with Crippen molar-refractivity contribution in [3.63, 3.8) is 0 Å². The van der Waals surface area contributed by atoms with Crippen LogP contribution in [0.25, 0.3) is 0 Å². The van der Waals surface area contributed by atoms with Gasteiger partial charge in [-0.1, -0.05) is 31.9 Å². The van der Waals surface area contributed by atoms with E-state index in [1.54, 1.807) is 7.11 Å². The van der Waals surface area contributed by atoms with E-state index in [1.807, 2.05) is 6.26 Å². The normalized spacial score (nSPS) is 36.0. The number of ether oxygens (including phenoxy) is 1. The summed E-state index contributed by atoms with van der Waals surface area (Å²) in [5, 5.41) is 0. The monoisotopic (exact) mass is 441 g/mol. The van der Waals surface area contributed by atoms with Crippen LogP contribution >= 0.6 is 0 Å². The number of aryl methyl sites for hydroxylation is 1. The van der Waals surface area contributed by atoms with Crippen molar-refractivity contribution >= 4 is 5.97 Å². The molecule has 2 aliphatic carbocycles.